The van der Waals surface area contributed by atoms with Gasteiger partial charge in [-0.25, -0.2) is 9.97 Å². The first-order valence-electron chi connectivity index (χ1n) is 7.62. The van der Waals surface area contributed by atoms with E-state index in [9.17, 15) is 18.4 Å². The summed E-state index contributed by atoms with van der Waals surface area (Å²) in [5.74, 6) is -0.297. The first-order valence-corrected chi connectivity index (χ1v) is 7.62. The summed E-state index contributed by atoms with van der Waals surface area (Å²) in [5, 5.41) is 9.27. The number of nitrogens with two attached hydrogens (primary N) is 1. The van der Waals surface area contributed by atoms with Gasteiger partial charge in [-0.05, 0) is 24.3 Å². The smallest absolute Gasteiger partial charge is 0.419 e. The van der Waals surface area contributed by atoms with Crippen molar-refractivity contribution in [3.63, 3.8) is 0 Å². The van der Waals surface area contributed by atoms with Crippen LogP contribution in [0.2, 0.25) is 0 Å². The number of aryl methyl sites for hydroxylation is 1. The minimum absolute atomic E-state index is 0.0275. The van der Waals surface area contributed by atoms with E-state index in [1.807, 2.05) is 6.07 Å². The number of imidazole rings is 1. The molecule has 0 unspecified atom stereocenters. The van der Waals surface area contributed by atoms with Crippen molar-refractivity contribution in [2.24, 2.45) is 12.8 Å². The number of hydrogen-bond acceptors (Lipinski definition) is 5. The predicted octanol–water partition coefficient (Wildman–Crippen LogP) is 2.86. The molecule has 0 spiro atoms. The number of ether oxygens (including phenoxy) is 1. The Bertz CT molecular complexity index is 1000. The Hall–Kier alpha value is -3.12. The fourth-order valence-electron chi connectivity index (χ4n) is 2.56. The molecule has 134 valence electrons. The number of hydrogen-bond donors (Lipinski definition) is 1. The molecule has 1 aromatic carbocycles. The topological polar surface area (TPSA) is 89.8 Å². The maximum Gasteiger partial charge on any atom is 0.419 e. The summed E-state index contributed by atoms with van der Waals surface area (Å²) in [5.41, 5.74) is 5.88. The van der Waals surface area contributed by atoms with E-state index < -0.39 is 11.7 Å². The van der Waals surface area contributed by atoms with Crippen LogP contribution in [0, 0.1) is 11.3 Å². The Morgan fingerprint density at radius 3 is 2.73 bits per heavy atom. The van der Waals surface area contributed by atoms with Crippen LogP contribution in [-0.4, -0.2) is 27.7 Å². The van der Waals surface area contributed by atoms with Crippen LogP contribution < -0.4 is 10.5 Å². The van der Waals surface area contributed by atoms with Crippen molar-refractivity contribution in [1.29, 1.82) is 5.26 Å². The molecule has 0 amide bonds. The summed E-state index contributed by atoms with van der Waals surface area (Å²) in [6, 6.07) is 7.18. The van der Waals surface area contributed by atoms with Gasteiger partial charge in [-0.15, -0.1) is 0 Å². The third-order valence-electron chi connectivity index (χ3n) is 3.77. The van der Waals surface area contributed by atoms with E-state index in [-0.39, 0.29) is 35.9 Å². The molecule has 0 saturated heterocycles. The minimum atomic E-state index is -4.60. The number of nitrogens with zero attached hydrogens (tertiary/aromatic N) is 4. The van der Waals surface area contributed by atoms with E-state index in [0.717, 1.165) is 6.07 Å². The standard InChI is InChI=1S/C17H14F3N5O/c1-25-9-23-16-13(8-22)24-12(7-14(16)25)10-2-3-15(26-5-4-21)11(6-10)17(18,19)20/h2-3,6-7,9H,4-5,21H2,1H3. The van der Waals surface area contributed by atoms with E-state index in [1.165, 1.54) is 18.5 Å². The summed E-state index contributed by atoms with van der Waals surface area (Å²) in [4.78, 5) is 8.25. The molecule has 3 rings (SSSR count). The summed E-state index contributed by atoms with van der Waals surface area (Å²) >= 11 is 0. The zero-order valence-corrected chi connectivity index (χ0v) is 13.7. The number of alkyl halides is 3. The van der Waals surface area contributed by atoms with Crippen LogP contribution in [0.4, 0.5) is 13.2 Å². The van der Waals surface area contributed by atoms with Crippen LogP contribution in [0.25, 0.3) is 22.3 Å². The molecule has 3 aromatic rings. The van der Waals surface area contributed by atoms with Crippen LogP contribution in [0.3, 0.4) is 0 Å². The number of aromatic nitrogens is 3. The lowest BCUT2D eigenvalue weighted by Crippen LogP contribution is -2.14. The summed E-state index contributed by atoms with van der Waals surface area (Å²) in [7, 11) is 1.73. The second-order valence-electron chi connectivity index (χ2n) is 5.54. The maximum atomic E-state index is 13.4. The number of benzene rings is 1. The molecule has 0 atom stereocenters. The highest BCUT2D eigenvalue weighted by Gasteiger charge is 2.35. The van der Waals surface area contributed by atoms with Gasteiger partial charge in [0.1, 0.15) is 23.9 Å². The van der Waals surface area contributed by atoms with E-state index in [1.54, 1.807) is 17.7 Å². The number of halogens is 3. The third kappa shape index (κ3) is 3.19. The van der Waals surface area contributed by atoms with Crippen molar-refractivity contribution < 1.29 is 17.9 Å². The van der Waals surface area contributed by atoms with Gasteiger partial charge in [0, 0.05) is 19.2 Å². The lowest BCUT2D eigenvalue weighted by atomic mass is 10.1. The molecule has 0 bridgehead atoms. The molecule has 9 heteroatoms. The normalized spacial score (nSPS) is 11.5. The fourth-order valence-corrected chi connectivity index (χ4v) is 2.56. The third-order valence-corrected chi connectivity index (χ3v) is 3.77. The van der Waals surface area contributed by atoms with Crippen LogP contribution in [0.15, 0.2) is 30.6 Å². The van der Waals surface area contributed by atoms with Crippen LogP contribution in [0.5, 0.6) is 5.75 Å². The Kier molecular flexibility index (Phi) is 4.52. The quantitative estimate of drug-likeness (QED) is 0.772. The molecule has 6 nitrogen and oxygen atoms in total. The highest BCUT2D eigenvalue weighted by molar-refractivity contribution is 5.84. The maximum absolute atomic E-state index is 13.4. The molecule has 26 heavy (non-hydrogen) atoms. The van der Waals surface area contributed by atoms with Gasteiger partial charge >= 0.3 is 6.18 Å². The molecule has 2 aromatic heterocycles. The van der Waals surface area contributed by atoms with Gasteiger partial charge in [-0.3, -0.25) is 0 Å². The van der Waals surface area contributed by atoms with Crippen molar-refractivity contribution in [2.45, 2.75) is 6.18 Å². The molecule has 2 heterocycles. The highest BCUT2D eigenvalue weighted by Crippen LogP contribution is 2.39. The van der Waals surface area contributed by atoms with Crippen molar-refractivity contribution in [3.05, 3.63) is 41.9 Å². The molecule has 0 aliphatic heterocycles. The average molecular weight is 361 g/mol. The molecule has 0 fully saturated rings. The molecular formula is C17H14F3N5O. The largest absolute Gasteiger partial charge is 0.492 e. The molecule has 0 aliphatic rings. The lowest BCUT2D eigenvalue weighted by molar-refractivity contribution is -0.138. The van der Waals surface area contributed by atoms with E-state index in [4.69, 9.17) is 10.5 Å². The van der Waals surface area contributed by atoms with E-state index in [2.05, 4.69) is 9.97 Å². The van der Waals surface area contributed by atoms with E-state index in [0.29, 0.717) is 11.0 Å². The molecular weight excluding hydrogens is 347 g/mol. The van der Waals surface area contributed by atoms with Crippen molar-refractivity contribution in [3.8, 4) is 23.1 Å². The van der Waals surface area contributed by atoms with Crippen LogP contribution >= 0.6 is 0 Å². The molecule has 0 aliphatic carbocycles. The molecule has 0 radical (unpaired) electrons. The number of fused-ring (bicyclic) bond motifs is 1. The second kappa shape index (κ2) is 6.65. The van der Waals surface area contributed by atoms with Crippen LogP contribution in [0.1, 0.15) is 11.3 Å². The Balaban J connectivity index is 2.16. The number of pyridine rings is 1. The van der Waals surface area contributed by atoms with Gasteiger partial charge in [0.25, 0.3) is 0 Å². The van der Waals surface area contributed by atoms with Crippen molar-refractivity contribution in [2.75, 3.05) is 13.2 Å². The van der Waals surface area contributed by atoms with Gasteiger partial charge in [0.15, 0.2) is 5.69 Å². The van der Waals surface area contributed by atoms with Gasteiger partial charge in [0.05, 0.1) is 23.1 Å². The van der Waals surface area contributed by atoms with Gasteiger partial charge in [-0.1, -0.05) is 0 Å². The fraction of sp³-hybridized carbons (Fsp3) is 0.235. The Morgan fingerprint density at radius 1 is 1.31 bits per heavy atom. The Morgan fingerprint density at radius 2 is 2.08 bits per heavy atom. The summed E-state index contributed by atoms with van der Waals surface area (Å²) in [6.07, 6.45) is -3.09. The van der Waals surface area contributed by atoms with Crippen molar-refractivity contribution in [1.82, 2.24) is 14.5 Å². The highest BCUT2D eigenvalue weighted by atomic mass is 19.4. The Labute approximate surface area is 146 Å². The first kappa shape index (κ1) is 17.7. The minimum Gasteiger partial charge on any atom is -0.492 e. The molecule has 0 saturated carbocycles. The SMILES string of the molecule is Cn1cnc2c(C#N)nc(-c3ccc(OCCN)c(C(F)(F)F)c3)cc21. The van der Waals surface area contributed by atoms with Crippen LogP contribution in [-0.2, 0) is 13.2 Å². The summed E-state index contributed by atoms with van der Waals surface area (Å²) in [6.45, 7) is 0.0729. The monoisotopic (exact) mass is 361 g/mol. The van der Waals surface area contributed by atoms with Gasteiger partial charge in [0.2, 0.25) is 0 Å². The predicted molar refractivity (Wildman–Crippen MR) is 88.2 cm³/mol. The lowest BCUT2D eigenvalue weighted by Gasteiger charge is -2.15. The average Bonchev–Trinajstić information content (AvgIpc) is 2.99. The zero-order chi connectivity index (χ0) is 18.9. The van der Waals surface area contributed by atoms with Crippen molar-refractivity contribution >= 4 is 11.0 Å². The first-order chi connectivity index (χ1) is 12.3. The summed E-state index contributed by atoms with van der Waals surface area (Å²) < 4.78 is 46.9. The van der Waals surface area contributed by atoms with Gasteiger partial charge in [-0.2, -0.15) is 18.4 Å². The molecule has 2 N–H and O–H groups in total. The van der Waals surface area contributed by atoms with Gasteiger partial charge < -0.3 is 15.0 Å². The number of rotatable bonds is 4. The van der Waals surface area contributed by atoms with E-state index >= 15 is 0 Å². The zero-order valence-electron chi connectivity index (χ0n) is 13.7. The second-order valence-corrected chi connectivity index (χ2v) is 5.54. The number of nitriles is 1.